The number of carbonyl (C=O) groups excluding carboxylic acids is 1. The summed E-state index contributed by atoms with van der Waals surface area (Å²) in [6.07, 6.45) is 0. The zero-order chi connectivity index (χ0) is 13.7. The first kappa shape index (κ1) is 13.6. The maximum Gasteiger partial charge on any atom is 0.328 e. The van der Waals surface area contributed by atoms with Crippen molar-refractivity contribution in [2.45, 2.75) is 13.0 Å². The molecule has 0 amide bonds. The second-order valence-electron chi connectivity index (χ2n) is 3.35. The molecule has 0 aliphatic heterocycles. The summed E-state index contributed by atoms with van der Waals surface area (Å²) in [6.45, 7) is 1.50. The van der Waals surface area contributed by atoms with E-state index in [0.717, 1.165) is 0 Å². The number of nitrogen functional groups attached to an aromatic ring is 1. The van der Waals surface area contributed by atoms with Crippen LogP contribution in [0, 0.1) is 10.1 Å². The van der Waals surface area contributed by atoms with E-state index in [4.69, 9.17) is 5.84 Å². The highest BCUT2D eigenvalue weighted by Gasteiger charge is 2.21. The van der Waals surface area contributed by atoms with Gasteiger partial charge in [-0.05, 0) is 13.0 Å². The zero-order valence-electron chi connectivity index (χ0n) is 9.84. The molecule has 9 nitrogen and oxygen atoms in total. The molecule has 4 N–H and O–H groups in total. The van der Waals surface area contributed by atoms with Gasteiger partial charge in [0.25, 0.3) is 0 Å². The average Bonchev–Trinajstić information content (AvgIpc) is 2.37. The van der Waals surface area contributed by atoms with Gasteiger partial charge in [-0.3, -0.25) is 10.1 Å². The first-order valence-corrected chi connectivity index (χ1v) is 4.96. The van der Waals surface area contributed by atoms with Gasteiger partial charge in [0.05, 0.1) is 12.0 Å². The Morgan fingerprint density at radius 1 is 1.61 bits per heavy atom. The molecule has 0 radical (unpaired) electrons. The lowest BCUT2D eigenvalue weighted by molar-refractivity contribution is -0.384. The minimum atomic E-state index is -0.769. The molecule has 0 bridgehead atoms. The number of hydrazine groups is 1. The minimum Gasteiger partial charge on any atom is -0.467 e. The topological polar surface area (TPSA) is 132 Å². The quantitative estimate of drug-likeness (QED) is 0.295. The van der Waals surface area contributed by atoms with Crippen LogP contribution in [0.3, 0.4) is 0 Å². The first-order valence-electron chi connectivity index (χ1n) is 4.96. The first-order chi connectivity index (χ1) is 8.49. The fraction of sp³-hybridized carbons (Fsp3) is 0.333. The lowest BCUT2D eigenvalue weighted by atomic mass is 10.3. The van der Waals surface area contributed by atoms with E-state index in [0.29, 0.717) is 0 Å². The normalized spacial score (nSPS) is 11.5. The third-order valence-electron chi connectivity index (χ3n) is 2.13. The van der Waals surface area contributed by atoms with E-state index in [-0.39, 0.29) is 17.3 Å². The van der Waals surface area contributed by atoms with Crippen molar-refractivity contribution in [3.63, 3.8) is 0 Å². The van der Waals surface area contributed by atoms with E-state index in [2.05, 4.69) is 20.5 Å². The molecule has 1 aromatic rings. The molecule has 0 aliphatic rings. The van der Waals surface area contributed by atoms with Gasteiger partial charge < -0.3 is 15.5 Å². The number of rotatable bonds is 5. The van der Waals surface area contributed by atoms with E-state index >= 15 is 0 Å². The molecule has 0 fully saturated rings. The van der Waals surface area contributed by atoms with Crippen LogP contribution in [0.4, 0.5) is 17.3 Å². The predicted molar refractivity (Wildman–Crippen MR) is 63.8 cm³/mol. The minimum absolute atomic E-state index is 0.0617. The molecule has 1 unspecified atom stereocenters. The molecular weight excluding hydrogens is 242 g/mol. The van der Waals surface area contributed by atoms with Gasteiger partial charge in [0, 0.05) is 6.07 Å². The van der Waals surface area contributed by atoms with Crippen molar-refractivity contribution in [1.29, 1.82) is 0 Å². The van der Waals surface area contributed by atoms with Crippen molar-refractivity contribution in [3.05, 3.63) is 22.2 Å². The lowest BCUT2D eigenvalue weighted by Crippen LogP contribution is -2.28. The van der Waals surface area contributed by atoms with Crippen LogP contribution < -0.4 is 16.6 Å². The van der Waals surface area contributed by atoms with E-state index in [9.17, 15) is 14.9 Å². The van der Waals surface area contributed by atoms with Gasteiger partial charge >= 0.3 is 11.7 Å². The number of carbonyl (C=O) groups is 1. The van der Waals surface area contributed by atoms with Crippen molar-refractivity contribution in [3.8, 4) is 0 Å². The molecule has 1 atom stereocenters. The Balaban J connectivity index is 3.04. The SMILES string of the molecule is COC(=O)C(C)Nc1nc(NN)ccc1[N+](=O)[O-]. The van der Waals surface area contributed by atoms with Crippen molar-refractivity contribution in [1.82, 2.24) is 4.98 Å². The number of ether oxygens (including phenoxy) is 1. The molecule has 98 valence electrons. The average molecular weight is 255 g/mol. The fourth-order valence-corrected chi connectivity index (χ4v) is 1.23. The van der Waals surface area contributed by atoms with Crippen LogP contribution in [0.5, 0.6) is 0 Å². The highest BCUT2D eigenvalue weighted by molar-refractivity contribution is 5.79. The largest absolute Gasteiger partial charge is 0.467 e. The smallest absolute Gasteiger partial charge is 0.328 e. The number of methoxy groups -OCH3 is 1. The number of anilines is 2. The Bertz CT molecular complexity index is 464. The molecule has 0 saturated heterocycles. The number of nitrogens with one attached hydrogen (secondary N) is 2. The maximum absolute atomic E-state index is 11.2. The van der Waals surface area contributed by atoms with Crippen LogP contribution >= 0.6 is 0 Å². The Morgan fingerprint density at radius 2 is 2.28 bits per heavy atom. The summed E-state index contributed by atoms with van der Waals surface area (Å²) in [6, 6.07) is 1.81. The number of pyridine rings is 1. The van der Waals surface area contributed by atoms with Crippen LogP contribution in [0.15, 0.2) is 12.1 Å². The number of esters is 1. The third kappa shape index (κ3) is 3.04. The maximum atomic E-state index is 11.2. The van der Waals surface area contributed by atoms with Crippen LogP contribution in [-0.4, -0.2) is 29.0 Å². The van der Waals surface area contributed by atoms with E-state index in [1.54, 1.807) is 0 Å². The second-order valence-corrected chi connectivity index (χ2v) is 3.35. The Labute approximate surface area is 102 Å². The van der Waals surface area contributed by atoms with E-state index < -0.39 is 16.9 Å². The second kappa shape index (κ2) is 5.77. The molecule has 18 heavy (non-hydrogen) atoms. The summed E-state index contributed by atoms with van der Waals surface area (Å²) in [4.78, 5) is 25.3. The predicted octanol–water partition coefficient (Wildman–Crippen LogP) is 0.249. The molecule has 0 aliphatic carbocycles. The number of nitrogens with two attached hydrogens (primary N) is 1. The van der Waals surface area contributed by atoms with Crippen LogP contribution in [0.1, 0.15) is 6.92 Å². The van der Waals surface area contributed by atoms with Gasteiger partial charge in [0.2, 0.25) is 5.82 Å². The molecular formula is C9H13N5O4. The Kier molecular flexibility index (Phi) is 4.38. The zero-order valence-corrected chi connectivity index (χ0v) is 9.84. The Morgan fingerprint density at radius 3 is 2.78 bits per heavy atom. The van der Waals surface area contributed by atoms with Gasteiger partial charge in [-0.25, -0.2) is 15.6 Å². The monoisotopic (exact) mass is 255 g/mol. The number of nitrogens with zero attached hydrogens (tertiary/aromatic N) is 2. The van der Waals surface area contributed by atoms with E-state index in [1.165, 1.54) is 26.2 Å². The molecule has 0 saturated carbocycles. The molecule has 1 rings (SSSR count). The van der Waals surface area contributed by atoms with Crippen LogP contribution in [-0.2, 0) is 9.53 Å². The summed E-state index contributed by atoms with van der Waals surface area (Å²) in [5, 5.41) is 13.4. The van der Waals surface area contributed by atoms with Crippen molar-refractivity contribution in [2.75, 3.05) is 17.9 Å². The van der Waals surface area contributed by atoms with Crippen LogP contribution in [0.2, 0.25) is 0 Å². The van der Waals surface area contributed by atoms with Gasteiger partial charge in [-0.1, -0.05) is 0 Å². The van der Waals surface area contributed by atoms with Crippen molar-refractivity contribution < 1.29 is 14.5 Å². The summed E-state index contributed by atoms with van der Waals surface area (Å²) in [5.41, 5.74) is 2.00. The summed E-state index contributed by atoms with van der Waals surface area (Å²) in [7, 11) is 1.22. The Hall–Kier alpha value is -2.42. The van der Waals surface area contributed by atoms with Crippen LogP contribution in [0.25, 0.3) is 0 Å². The summed E-state index contributed by atoms with van der Waals surface area (Å²) < 4.78 is 4.50. The third-order valence-corrected chi connectivity index (χ3v) is 2.13. The molecule has 0 spiro atoms. The highest BCUT2D eigenvalue weighted by Crippen LogP contribution is 2.24. The van der Waals surface area contributed by atoms with Gasteiger partial charge in [0.15, 0.2) is 0 Å². The summed E-state index contributed by atoms with van der Waals surface area (Å²) in [5.74, 6) is 4.78. The number of aromatic nitrogens is 1. The molecule has 1 aromatic heterocycles. The van der Waals surface area contributed by atoms with Gasteiger partial charge in [0.1, 0.15) is 11.9 Å². The number of hydrogen-bond acceptors (Lipinski definition) is 8. The number of hydrogen-bond donors (Lipinski definition) is 3. The fourth-order valence-electron chi connectivity index (χ4n) is 1.23. The van der Waals surface area contributed by atoms with Crippen molar-refractivity contribution >= 4 is 23.3 Å². The highest BCUT2D eigenvalue weighted by atomic mass is 16.6. The van der Waals surface area contributed by atoms with E-state index in [1.807, 2.05) is 0 Å². The molecule has 9 heteroatoms. The summed E-state index contributed by atoms with van der Waals surface area (Å²) >= 11 is 0. The van der Waals surface area contributed by atoms with Gasteiger partial charge in [-0.15, -0.1) is 0 Å². The van der Waals surface area contributed by atoms with Crippen molar-refractivity contribution in [2.24, 2.45) is 5.84 Å². The molecule has 1 heterocycles. The lowest BCUT2D eigenvalue weighted by Gasteiger charge is -2.12. The standard InChI is InChI=1S/C9H13N5O4/c1-5(9(15)18-2)11-8-6(14(16)17)3-4-7(12-8)13-10/h3-5H,10H2,1-2H3,(H2,11,12,13). The van der Waals surface area contributed by atoms with Gasteiger partial charge in [-0.2, -0.15) is 0 Å². The molecule has 0 aromatic carbocycles. The number of nitro groups is 1.